The molecule has 0 aliphatic heterocycles. The van der Waals surface area contributed by atoms with E-state index in [1.165, 1.54) is 11.0 Å². The van der Waals surface area contributed by atoms with Gasteiger partial charge in [-0.2, -0.15) is 0 Å². The summed E-state index contributed by atoms with van der Waals surface area (Å²) in [6.45, 7) is 1.97. The van der Waals surface area contributed by atoms with E-state index in [1.54, 1.807) is 0 Å². The van der Waals surface area contributed by atoms with E-state index in [0.29, 0.717) is 6.42 Å². The zero-order valence-corrected chi connectivity index (χ0v) is 14.6. The largest absolute Gasteiger partial charge is 0.324 e. The summed E-state index contributed by atoms with van der Waals surface area (Å²) in [7, 11) is 0. The molecule has 7 heteroatoms. The normalized spacial score (nSPS) is 11.9. The van der Waals surface area contributed by atoms with Crippen molar-refractivity contribution in [3.8, 4) is 0 Å². The summed E-state index contributed by atoms with van der Waals surface area (Å²) in [6, 6.07) is 15.0. The number of amides is 1. The molecule has 1 aromatic heterocycles. The third-order valence-electron chi connectivity index (χ3n) is 3.68. The van der Waals surface area contributed by atoms with Gasteiger partial charge in [0, 0.05) is 16.6 Å². The third-order valence-corrected chi connectivity index (χ3v) is 4.57. The van der Waals surface area contributed by atoms with Gasteiger partial charge in [-0.3, -0.25) is 4.79 Å². The van der Waals surface area contributed by atoms with E-state index >= 15 is 0 Å². The van der Waals surface area contributed by atoms with E-state index in [-0.39, 0.29) is 5.91 Å². The standard InChI is InChI=1S/C17H16BrN5O/c1-12-9-14(7-8-15(12)18)20-17(24)16(23-11-19-21-22-23)10-13-5-3-2-4-6-13/h2-9,11,16H,10H2,1H3,(H,20,24)/t16-/m0/s1. The van der Waals surface area contributed by atoms with Crippen LogP contribution < -0.4 is 5.32 Å². The van der Waals surface area contributed by atoms with Gasteiger partial charge in [-0.1, -0.05) is 46.3 Å². The van der Waals surface area contributed by atoms with Gasteiger partial charge in [0.1, 0.15) is 12.4 Å². The van der Waals surface area contributed by atoms with E-state index in [2.05, 4.69) is 36.8 Å². The van der Waals surface area contributed by atoms with Gasteiger partial charge in [0.25, 0.3) is 0 Å². The lowest BCUT2D eigenvalue weighted by atomic mass is 10.1. The lowest BCUT2D eigenvalue weighted by molar-refractivity contribution is -0.119. The Hall–Kier alpha value is -2.54. The second kappa shape index (κ2) is 7.35. The fourth-order valence-corrected chi connectivity index (χ4v) is 2.65. The van der Waals surface area contributed by atoms with Gasteiger partial charge in [-0.25, -0.2) is 4.68 Å². The van der Waals surface area contributed by atoms with Crippen molar-refractivity contribution in [3.63, 3.8) is 0 Å². The molecule has 0 saturated heterocycles. The molecule has 0 fully saturated rings. The fraction of sp³-hybridized carbons (Fsp3) is 0.176. The van der Waals surface area contributed by atoms with Crippen LogP contribution in [0.1, 0.15) is 17.2 Å². The van der Waals surface area contributed by atoms with Crippen LogP contribution in [0.15, 0.2) is 59.3 Å². The molecule has 24 heavy (non-hydrogen) atoms. The number of anilines is 1. The van der Waals surface area contributed by atoms with Gasteiger partial charge in [0.05, 0.1) is 0 Å². The molecule has 3 aromatic rings. The lowest BCUT2D eigenvalue weighted by Crippen LogP contribution is -2.28. The van der Waals surface area contributed by atoms with Crippen LogP contribution in [0, 0.1) is 6.92 Å². The Balaban J connectivity index is 1.82. The molecular formula is C17H16BrN5O. The summed E-state index contributed by atoms with van der Waals surface area (Å²) in [5.74, 6) is -0.159. The highest BCUT2D eigenvalue weighted by Gasteiger charge is 2.22. The highest BCUT2D eigenvalue weighted by molar-refractivity contribution is 9.10. The summed E-state index contributed by atoms with van der Waals surface area (Å²) in [4.78, 5) is 12.8. The molecule has 0 aliphatic rings. The number of aryl methyl sites for hydroxylation is 1. The smallest absolute Gasteiger partial charge is 0.249 e. The molecule has 0 saturated carbocycles. The number of carbonyl (C=O) groups is 1. The van der Waals surface area contributed by atoms with Crippen LogP contribution in [0.2, 0.25) is 0 Å². The van der Waals surface area contributed by atoms with Crippen LogP contribution in [-0.2, 0) is 11.2 Å². The van der Waals surface area contributed by atoms with Gasteiger partial charge in [0.15, 0.2) is 0 Å². The Morgan fingerprint density at radius 3 is 2.71 bits per heavy atom. The van der Waals surface area contributed by atoms with Crippen molar-refractivity contribution >= 4 is 27.5 Å². The van der Waals surface area contributed by atoms with E-state index in [4.69, 9.17) is 0 Å². The second-order valence-electron chi connectivity index (χ2n) is 5.45. The van der Waals surface area contributed by atoms with Crippen molar-refractivity contribution in [2.75, 3.05) is 5.32 Å². The molecule has 0 unspecified atom stereocenters. The van der Waals surface area contributed by atoms with Gasteiger partial charge < -0.3 is 5.32 Å². The van der Waals surface area contributed by atoms with E-state index < -0.39 is 6.04 Å². The van der Waals surface area contributed by atoms with Gasteiger partial charge in [-0.15, -0.1) is 5.10 Å². The highest BCUT2D eigenvalue weighted by Crippen LogP contribution is 2.21. The molecule has 6 nitrogen and oxygen atoms in total. The van der Waals surface area contributed by atoms with Gasteiger partial charge in [0.2, 0.25) is 5.91 Å². The second-order valence-corrected chi connectivity index (χ2v) is 6.30. The van der Waals surface area contributed by atoms with Crippen molar-refractivity contribution in [1.29, 1.82) is 0 Å². The van der Waals surface area contributed by atoms with Crippen LogP contribution in [-0.4, -0.2) is 26.1 Å². The first-order valence-corrected chi connectivity index (χ1v) is 8.26. The average Bonchev–Trinajstić information content (AvgIpc) is 3.11. The maximum atomic E-state index is 12.8. The summed E-state index contributed by atoms with van der Waals surface area (Å²) in [5.41, 5.74) is 2.84. The molecule has 1 N–H and O–H groups in total. The minimum absolute atomic E-state index is 0.159. The number of rotatable bonds is 5. The van der Waals surface area contributed by atoms with Crippen molar-refractivity contribution in [3.05, 3.63) is 70.5 Å². The van der Waals surface area contributed by atoms with E-state index in [9.17, 15) is 4.79 Å². The summed E-state index contributed by atoms with van der Waals surface area (Å²) >= 11 is 3.46. The quantitative estimate of drug-likeness (QED) is 0.731. The molecule has 0 bridgehead atoms. The summed E-state index contributed by atoms with van der Waals surface area (Å²) in [5, 5.41) is 14.1. The number of halogens is 1. The first-order chi connectivity index (χ1) is 11.6. The van der Waals surface area contributed by atoms with Crippen molar-refractivity contribution in [1.82, 2.24) is 20.2 Å². The van der Waals surface area contributed by atoms with E-state index in [0.717, 1.165) is 21.3 Å². The predicted octanol–water partition coefficient (Wildman–Crippen LogP) is 3.17. The minimum Gasteiger partial charge on any atom is -0.324 e. The third kappa shape index (κ3) is 3.86. The zero-order valence-electron chi connectivity index (χ0n) is 13.1. The van der Waals surface area contributed by atoms with Crippen LogP contribution in [0.5, 0.6) is 0 Å². The van der Waals surface area contributed by atoms with Crippen molar-refractivity contribution in [2.24, 2.45) is 0 Å². The fourth-order valence-electron chi connectivity index (χ4n) is 2.40. The molecule has 2 aromatic carbocycles. The maximum absolute atomic E-state index is 12.8. The van der Waals surface area contributed by atoms with Crippen molar-refractivity contribution in [2.45, 2.75) is 19.4 Å². The molecule has 0 spiro atoms. The number of carbonyl (C=O) groups excluding carboxylic acids is 1. The number of nitrogens with one attached hydrogen (secondary N) is 1. The minimum atomic E-state index is -0.522. The number of aromatic nitrogens is 4. The summed E-state index contributed by atoms with van der Waals surface area (Å²) in [6.07, 6.45) is 1.97. The van der Waals surface area contributed by atoms with Crippen molar-refractivity contribution < 1.29 is 4.79 Å². The number of hydrogen-bond donors (Lipinski definition) is 1. The Bertz CT molecular complexity index is 820. The van der Waals surface area contributed by atoms with Crippen LogP contribution in [0.3, 0.4) is 0 Å². The molecular weight excluding hydrogens is 370 g/mol. The highest BCUT2D eigenvalue weighted by atomic mass is 79.9. The first kappa shape index (κ1) is 16.3. The topological polar surface area (TPSA) is 72.7 Å². The summed E-state index contributed by atoms with van der Waals surface area (Å²) < 4.78 is 2.48. The Kier molecular flexibility index (Phi) is 5.00. The Morgan fingerprint density at radius 2 is 2.04 bits per heavy atom. The SMILES string of the molecule is Cc1cc(NC(=O)[C@H](Cc2ccccc2)n2cnnn2)ccc1Br. The number of tetrazole rings is 1. The van der Waals surface area contributed by atoms with Crippen LogP contribution in [0.25, 0.3) is 0 Å². The molecule has 1 amide bonds. The number of benzene rings is 2. The van der Waals surface area contributed by atoms with Gasteiger partial charge in [-0.05, 0) is 46.7 Å². The maximum Gasteiger partial charge on any atom is 0.249 e. The first-order valence-electron chi connectivity index (χ1n) is 7.47. The Morgan fingerprint density at radius 1 is 1.25 bits per heavy atom. The molecule has 122 valence electrons. The molecule has 0 radical (unpaired) electrons. The predicted molar refractivity (Wildman–Crippen MR) is 94.5 cm³/mol. The number of hydrogen-bond acceptors (Lipinski definition) is 4. The van der Waals surface area contributed by atoms with E-state index in [1.807, 2.05) is 55.5 Å². The van der Waals surface area contributed by atoms with Gasteiger partial charge >= 0.3 is 0 Å². The Labute approximate surface area is 148 Å². The molecule has 1 heterocycles. The molecule has 0 aliphatic carbocycles. The lowest BCUT2D eigenvalue weighted by Gasteiger charge is -2.17. The number of nitrogens with zero attached hydrogens (tertiary/aromatic N) is 4. The average molecular weight is 386 g/mol. The monoisotopic (exact) mass is 385 g/mol. The zero-order chi connectivity index (χ0) is 16.9. The molecule has 1 atom stereocenters. The van der Waals surface area contributed by atoms with Crippen LogP contribution in [0.4, 0.5) is 5.69 Å². The van der Waals surface area contributed by atoms with Crippen LogP contribution >= 0.6 is 15.9 Å². The molecule has 3 rings (SSSR count).